The Balaban J connectivity index is 2.29. The number of anilines is 1. The van der Waals surface area contributed by atoms with E-state index < -0.39 is 17.6 Å². The van der Waals surface area contributed by atoms with Crippen LogP contribution in [0.25, 0.3) is 0 Å². The van der Waals surface area contributed by atoms with Gasteiger partial charge in [-0.15, -0.1) is 0 Å². The fourth-order valence-corrected chi connectivity index (χ4v) is 1.73. The summed E-state index contributed by atoms with van der Waals surface area (Å²) in [4.78, 5) is 23.8. The number of carbonyl (C=O) groups is 2. The highest BCUT2D eigenvalue weighted by Crippen LogP contribution is 2.19. The molecule has 6 heteroatoms. The molecule has 5 nitrogen and oxygen atoms in total. The standard InChI is InChI=1S/C11H11FN2O3/c12-8-1-7(6-15)2-9(3-8)14-4-10(16)13-11(17)5-14/h1-3,15H,4-6H2,(H,13,16,17). The Morgan fingerprint density at radius 2 is 1.88 bits per heavy atom. The second-order valence-electron chi connectivity index (χ2n) is 3.80. The van der Waals surface area contributed by atoms with Crippen LogP contribution in [0.5, 0.6) is 0 Å². The molecule has 0 unspecified atom stereocenters. The number of benzene rings is 1. The van der Waals surface area contributed by atoms with Gasteiger partial charge in [-0.2, -0.15) is 0 Å². The summed E-state index contributed by atoms with van der Waals surface area (Å²) in [6.45, 7) is -0.293. The molecule has 0 aromatic heterocycles. The number of aliphatic hydroxyl groups excluding tert-OH is 1. The first-order valence-corrected chi connectivity index (χ1v) is 5.06. The number of carbonyl (C=O) groups excluding carboxylic acids is 2. The third-order valence-electron chi connectivity index (χ3n) is 2.44. The first-order chi connectivity index (χ1) is 8.08. The summed E-state index contributed by atoms with van der Waals surface area (Å²) in [6, 6.07) is 3.98. The van der Waals surface area contributed by atoms with Crippen LogP contribution in [0.4, 0.5) is 10.1 Å². The van der Waals surface area contributed by atoms with Crippen LogP contribution < -0.4 is 10.2 Å². The minimum atomic E-state index is -0.509. The number of nitrogens with zero attached hydrogens (tertiary/aromatic N) is 1. The van der Waals surface area contributed by atoms with Crippen molar-refractivity contribution in [2.45, 2.75) is 6.61 Å². The van der Waals surface area contributed by atoms with Crippen LogP contribution in [0.3, 0.4) is 0 Å². The zero-order valence-corrected chi connectivity index (χ0v) is 8.94. The fourth-order valence-electron chi connectivity index (χ4n) is 1.73. The second kappa shape index (κ2) is 4.50. The SMILES string of the molecule is O=C1CN(c2cc(F)cc(CO)c2)CC(=O)N1. The van der Waals surface area contributed by atoms with E-state index in [1.54, 1.807) is 6.07 Å². The minimum absolute atomic E-state index is 0.0000614. The predicted octanol–water partition coefficient (Wildman–Crippen LogP) is -0.219. The summed E-state index contributed by atoms with van der Waals surface area (Å²) in [6.07, 6.45) is 0. The minimum Gasteiger partial charge on any atom is -0.392 e. The third-order valence-corrected chi connectivity index (χ3v) is 2.44. The van der Waals surface area contributed by atoms with Gasteiger partial charge in [0, 0.05) is 5.69 Å². The van der Waals surface area contributed by atoms with Gasteiger partial charge < -0.3 is 10.0 Å². The monoisotopic (exact) mass is 238 g/mol. The molecule has 2 amide bonds. The van der Waals surface area contributed by atoms with Crippen LogP contribution >= 0.6 is 0 Å². The normalized spacial score (nSPS) is 16.0. The van der Waals surface area contributed by atoms with E-state index in [1.807, 2.05) is 0 Å². The molecular formula is C11H11FN2O3. The largest absolute Gasteiger partial charge is 0.392 e. The molecule has 2 rings (SSSR count). The van der Waals surface area contributed by atoms with Crippen LogP contribution in [-0.2, 0) is 16.2 Å². The topological polar surface area (TPSA) is 69.6 Å². The van der Waals surface area contributed by atoms with Crippen molar-refractivity contribution in [2.24, 2.45) is 0 Å². The lowest BCUT2D eigenvalue weighted by Crippen LogP contribution is -2.51. The first-order valence-electron chi connectivity index (χ1n) is 5.06. The van der Waals surface area contributed by atoms with Crippen molar-refractivity contribution in [2.75, 3.05) is 18.0 Å². The molecule has 0 aliphatic carbocycles. The van der Waals surface area contributed by atoms with Crippen LogP contribution in [0, 0.1) is 5.82 Å². The van der Waals surface area contributed by atoms with E-state index >= 15 is 0 Å². The zero-order valence-electron chi connectivity index (χ0n) is 8.94. The Kier molecular flexibility index (Phi) is 3.06. The molecule has 1 aliphatic heterocycles. The van der Waals surface area contributed by atoms with E-state index in [4.69, 9.17) is 5.11 Å². The highest BCUT2D eigenvalue weighted by molar-refractivity contribution is 6.02. The quantitative estimate of drug-likeness (QED) is 0.699. The molecule has 1 saturated heterocycles. The van der Waals surface area contributed by atoms with Gasteiger partial charge >= 0.3 is 0 Å². The fraction of sp³-hybridized carbons (Fsp3) is 0.273. The first kappa shape index (κ1) is 11.5. The highest BCUT2D eigenvalue weighted by Gasteiger charge is 2.23. The molecule has 1 aliphatic rings. The van der Waals surface area contributed by atoms with Gasteiger partial charge in [0.25, 0.3) is 0 Å². The van der Waals surface area contributed by atoms with Gasteiger partial charge in [0.05, 0.1) is 19.7 Å². The average Bonchev–Trinajstić information content (AvgIpc) is 2.26. The smallest absolute Gasteiger partial charge is 0.246 e. The van der Waals surface area contributed by atoms with Crippen molar-refractivity contribution in [1.29, 1.82) is 0 Å². The Hall–Kier alpha value is -1.95. The van der Waals surface area contributed by atoms with Gasteiger partial charge in [-0.05, 0) is 23.8 Å². The van der Waals surface area contributed by atoms with Gasteiger partial charge in [0.15, 0.2) is 0 Å². The predicted molar refractivity (Wildman–Crippen MR) is 57.7 cm³/mol. The number of piperazine rings is 1. The van der Waals surface area contributed by atoms with E-state index in [0.29, 0.717) is 11.3 Å². The molecule has 0 radical (unpaired) electrons. The Morgan fingerprint density at radius 3 is 2.47 bits per heavy atom. The van der Waals surface area contributed by atoms with Crippen molar-refractivity contribution in [3.05, 3.63) is 29.6 Å². The molecule has 0 saturated carbocycles. The summed E-state index contributed by atoms with van der Waals surface area (Å²) in [5, 5.41) is 11.1. The maximum absolute atomic E-state index is 13.2. The number of imide groups is 1. The second-order valence-corrected chi connectivity index (χ2v) is 3.80. The van der Waals surface area contributed by atoms with E-state index in [9.17, 15) is 14.0 Å². The summed E-state index contributed by atoms with van der Waals surface area (Å²) >= 11 is 0. The molecule has 1 aromatic rings. The molecule has 1 aromatic carbocycles. The molecule has 1 heterocycles. The molecule has 90 valence electrons. The van der Waals surface area contributed by atoms with Crippen molar-refractivity contribution in [3.63, 3.8) is 0 Å². The van der Waals surface area contributed by atoms with Crippen molar-refractivity contribution < 1.29 is 19.1 Å². The van der Waals surface area contributed by atoms with E-state index in [1.165, 1.54) is 17.0 Å². The molecule has 0 atom stereocenters. The molecule has 0 spiro atoms. The van der Waals surface area contributed by atoms with Crippen LogP contribution in [-0.4, -0.2) is 30.0 Å². The number of halogens is 1. The number of hydrogen-bond donors (Lipinski definition) is 2. The average molecular weight is 238 g/mol. The van der Waals surface area contributed by atoms with E-state index in [-0.39, 0.29) is 19.7 Å². The number of rotatable bonds is 2. The van der Waals surface area contributed by atoms with Gasteiger partial charge in [0.1, 0.15) is 5.82 Å². The summed E-state index contributed by atoms with van der Waals surface area (Å²) in [5.41, 5.74) is 0.815. The van der Waals surface area contributed by atoms with Gasteiger partial charge in [-0.3, -0.25) is 14.9 Å². The van der Waals surface area contributed by atoms with E-state index in [2.05, 4.69) is 5.32 Å². The summed E-state index contributed by atoms with van der Waals surface area (Å²) in [7, 11) is 0. The van der Waals surface area contributed by atoms with Crippen LogP contribution in [0.2, 0.25) is 0 Å². The molecule has 0 bridgehead atoms. The maximum Gasteiger partial charge on any atom is 0.246 e. The van der Waals surface area contributed by atoms with Crippen LogP contribution in [0.1, 0.15) is 5.56 Å². The lowest BCUT2D eigenvalue weighted by atomic mass is 10.1. The Labute approximate surface area is 96.8 Å². The number of aliphatic hydroxyl groups is 1. The lowest BCUT2D eigenvalue weighted by molar-refractivity contribution is -0.130. The number of nitrogens with one attached hydrogen (secondary N) is 1. The number of hydrogen-bond acceptors (Lipinski definition) is 4. The van der Waals surface area contributed by atoms with Gasteiger partial charge in [-0.25, -0.2) is 4.39 Å². The zero-order chi connectivity index (χ0) is 12.4. The lowest BCUT2D eigenvalue weighted by Gasteiger charge is -2.27. The molecule has 1 fully saturated rings. The Morgan fingerprint density at radius 1 is 1.24 bits per heavy atom. The number of amides is 2. The van der Waals surface area contributed by atoms with Gasteiger partial charge in [0.2, 0.25) is 11.8 Å². The van der Waals surface area contributed by atoms with Crippen LogP contribution in [0.15, 0.2) is 18.2 Å². The van der Waals surface area contributed by atoms with Crippen molar-refractivity contribution >= 4 is 17.5 Å². The third kappa shape index (κ3) is 2.59. The molecule has 17 heavy (non-hydrogen) atoms. The van der Waals surface area contributed by atoms with Crippen molar-refractivity contribution in [1.82, 2.24) is 5.32 Å². The summed E-state index contributed by atoms with van der Waals surface area (Å²) in [5.74, 6) is -1.35. The summed E-state index contributed by atoms with van der Waals surface area (Å²) < 4.78 is 13.2. The maximum atomic E-state index is 13.2. The molecule has 2 N–H and O–H groups in total. The highest BCUT2D eigenvalue weighted by atomic mass is 19.1. The molecular weight excluding hydrogens is 227 g/mol. The Bertz CT molecular complexity index is 460. The van der Waals surface area contributed by atoms with Crippen molar-refractivity contribution in [3.8, 4) is 0 Å². The van der Waals surface area contributed by atoms with E-state index in [0.717, 1.165) is 0 Å². The van der Waals surface area contributed by atoms with Gasteiger partial charge in [-0.1, -0.05) is 0 Å².